The van der Waals surface area contributed by atoms with Crippen LogP contribution < -0.4 is 10.1 Å². The van der Waals surface area contributed by atoms with E-state index in [9.17, 15) is 5.11 Å². The number of aryl methyl sites for hydroxylation is 1. The molecular weight excluding hydrogens is 384 g/mol. The molecule has 0 unspecified atom stereocenters. The summed E-state index contributed by atoms with van der Waals surface area (Å²) in [4.78, 5) is 4.99. The zero-order valence-corrected chi connectivity index (χ0v) is 17.1. The van der Waals surface area contributed by atoms with Crippen LogP contribution in [-0.4, -0.2) is 17.9 Å². The number of aromatic hydroxyl groups is 1. The fourth-order valence-electron chi connectivity index (χ4n) is 3.59. The minimum atomic E-state index is -0.218. The maximum absolute atomic E-state index is 10.5. The van der Waals surface area contributed by atoms with Gasteiger partial charge in [-0.2, -0.15) is 0 Å². The average molecular weight is 407 g/mol. The molecule has 0 saturated heterocycles. The van der Waals surface area contributed by atoms with Crippen molar-refractivity contribution >= 4 is 17.3 Å². The number of methoxy groups -OCH3 is 1. The number of ether oxygens (including phenoxy) is 1. The first-order chi connectivity index (χ1) is 14.0. The van der Waals surface area contributed by atoms with Gasteiger partial charge >= 0.3 is 0 Å². The van der Waals surface area contributed by atoms with Crippen LogP contribution in [0, 0.1) is 6.92 Å². The van der Waals surface area contributed by atoms with Gasteiger partial charge in [-0.15, -0.1) is 0 Å². The predicted molar refractivity (Wildman–Crippen MR) is 117 cm³/mol. The predicted octanol–water partition coefficient (Wildman–Crippen LogP) is 5.59. The molecule has 0 spiro atoms. The molecule has 4 rings (SSSR count). The first-order valence-electron chi connectivity index (χ1n) is 9.55. The molecule has 0 radical (unpaired) electrons. The van der Waals surface area contributed by atoms with Gasteiger partial charge < -0.3 is 9.84 Å². The number of nitrogens with one attached hydrogen (secondary N) is 1. The third-order valence-electron chi connectivity index (χ3n) is 5.22. The molecule has 1 aliphatic rings. The normalized spacial score (nSPS) is 18.9. The molecule has 148 valence electrons. The van der Waals surface area contributed by atoms with E-state index in [1.807, 2.05) is 30.3 Å². The van der Waals surface area contributed by atoms with Crippen molar-refractivity contribution in [3.63, 3.8) is 0 Å². The fraction of sp³-hybridized carbons (Fsp3) is 0.208. The third-order valence-corrected chi connectivity index (χ3v) is 5.46. The van der Waals surface area contributed by atoms with Crippen LogP contribution >= 0.6 is 11.6 Å². The Bertz CT molecular complexity index is 1030. The molecule has 1 aliphatic heterocycles. The number of benzene rings is 3. The van der Waals surface area contributed by atoms with Gasteiger partial charge in [0.1, 0.15) is 17.7 Å². The Kier molecular flexibility index (Phi) is 5.56. The van der Waals surface area contributed by atoms with Gasteiger partial charge in [0.05, 0.1) is 7.11 Å². The van der Waals surface area contributed by atoms with Gasteiger partial charge in [-0.3, -0.25) is 10.3 Å². The van der Waals surface area contributed by atoms with Gasteiger partial charge in [0.15, 0.2) is 0 Å². The Labute approximate surface area is 175 Å². The smallest absolute Gasteiger partial charge is 0.126 e. The lowest BCUT2D eigenvalue weighted by Crippen LogP contribution is -2.33. The summed E-state index contributed by atoms with van der Waals surface area (Å²) in [6, 6.07) is 21.3. The lowest BCUT2D eigenvalue weighted by atomic mass is 9.93. The molecule has 0 aromatic heterocycles. The maximum Gasteiger partial charge on any atom is 0.126 e. The number of aliphatic imine (C=N–C) groups is 1. The summed E-state index contributed by atoms with van der Waals surface area (Å²) in [7, 11) is 1.66. The van der Waals surface area contributed by atoms with Crippen LogP contribution in [0.25, 0.3) is 0 Å². The Morgan fingerprint density at radius 2 is 1.76 bits per heavy atom. The lowest BCUT2D eigenvalue weighted by molar-refractivity contribution is 0.412. The second-order valence-corrected chi connectivity index (χ2v) is 7.68. The summed E-state index contributed by atoms with van der Waals surface area (Å²) >= 11 is 6.21. The number of rotatable bonds is 4. The second-order valence-electron chi connectivity index (χ2n) is 7.24. The van der Waals surface area contributed by atoms with Crippen molar-refractivity contribution in [3.05, 3.63) is 94.0 Å². The number of nitrogens with zero attached hydrogens (tertiary/aromatic N) is 1. The molecule has 0 fully saturated rings. The van der Waals surface area contributed by atoms with E-state index in [1.165, 1.54) is 5.56 Å². The quantitative estimate of drug-likeness (QED) is 0.594. The van der Waals surface area contributed by atoms with E-state index in [0.717, 1.165) is 28.2 Å². The molecule has 0 saturated carbocycles. The number of phenols is 1. The number of hydrogen-bond acceptors (Lipinski definition) is 4. The van der Waals surface area contributed by atoms with Crippen molar-refractivity contribution in [3.8, 4) is 11.5 Å². The van der Waals surface area contributed by atoms with Crippen LogP contribution in [0.4, 0.5) is 0 Å². The third kappa shape index (κ3) is 4.29. The van der Waals surface area contributed by atoms with Crippen molar-refractivity contribution in [1.82, 2.24) is 5.32 Å². The zero-order chi connectivity index (χ0) is 20.4. The van der Waals surface area contributed by atoms with E-state index >= 15 is 0 Å². The van der Waals surface area contributed by atoms with Crippen LogP contribution in [0.15, 0.2) is 71.7 Å². The van der Waals surface area contributed by atoms with Crippen molar-refractivity contribution in [2.24, 2.45) is 4.99 Å². The summed E-state index contributed by atoms with van der Waals surface area (Å²) in [5, 5.41) is 14.6. The summed E-state index contributed by atoms with van der Waals surface area (Å²) in [5.74, 6) is 1.04. The van der Waals surface area contributed by atoms with Crippen molar-refractivity contribution in [2.45, 2.75) is 25.6 Å². The van der Waals surface area contributed by atoms with Crippen molar-refractivity contribution < 1.29 is 9.84 Å². The highest BCUT2D eigenvalue weighted by molar-refractivity contribution is 6.30. The second kappa shape index (κ2) is 8.27. The number of hydrogen-bond donors (Lipinski definition) is 2. The lowest BCUT2D eigenvalue weighted by Gasteiger charge is -2.31. The van der Waals surface area contributed by atoms with E-state index in [4.69, 9.17) is 21.3 Å². The van der Waals surface area contributed by atoms with Crippen molar-refractivity contribution in [1.29, 1.82) is 0 Å². The van der Waals surface area contributed by atoms with E-state index < -0.39 is 0 Å². The largest absolute Gasteiger partial charge is 0.508 e. The molecule has 2 atom stereocenters. The molecule has 3 aromatic carbocycles. The topological polar surface area (TPSA) is 53.8 Å². The summed E-state index contributed by atoms with van der Waals surface area (Å²) in [5.41, 5.74) is 5.06. The monoisotopic (exact) mass is 406 g/mol. The molecular formula is C24H23ClN2O2. The van der Waals surface area contributed by atoms with Crippen LogP contribution in [0.3, 0.4) is 0 Å². The highest BCUT2D eigenvalue weighted by atomic mass is 35.5. The summed E-state index contributed by atoms with van der Waals surface area (Å²) in [6.07, 6.45) is 0.424. The fourth-order valence-corrected chi connectivity index (χ4v) is 3.77. The molecule has 4 nitrogen and oxygen atoms in total. The van der Waals surface area contributed by atoms with E-state index in [1.54, 1.807) is 19.2 Å². The Balaban J connectivity index is 1.75. The van der Waals surface area contributed by atoms with Crippen LogP contribution in [0.1, 0.15) is 40.9 Å². The van der Waals surface area contributed by atoms with Gasteiger partial charge in [-0.25, -0.2) is 0 Å². The number of phenolic OH excluding ortho intramolecular Hbond substituents is 1. The van der Waals surface area contributed by atoms with Crippen LogP contribution in [-0.2, 0) is 0 Å². The molecule has 29 heavy (non-hydrogen) atoms. The van der Waals surface area contributed by atoms with Gasteiger partial charge in [-0.05, 0) is 60.5 Å². The van der Waals surface area contributed by atoms with Gasteiger partial charge in [0.25, 0.3) is 0 Å². The van der Waals surface area contributed by atoms with Crippen LogP contribution in [0.2, 0.25) is 5.02 Å². The zero-order valence-electron chi connectivity index (χ0n) is 16.4. The van der Waals surface area contributed by atoms with Crippen molar-refractivity contribution in [2.75, 3.05) is 7.11 Å². The SMILES string of the molecule is COc1ccc(C2=N[C@H](c3ccc(C)cc3)N[C@@H](c3cc(Cl)ccc3O)C2)cc1. The summed E-state index contributed by atoms with van der Waals surface area (Å²) in [6.45, 7) is 2.07. The molecule has 0 amide bonds. The molecule has 1 heterocycles. The molecule has 0 bridgehead atoms. The van der Waals surface area contributed by atoms with Gasteiger partial charge in [0.2, 0.25) is 0 Å². The average Bonchev–Trinajstić information content (AvgIpc) is 2.75. The highest BCUT2D eigenvalue weighted by Gasteiger charge is 2.27. The first-order valence-corrected chi connectivity index (χ1v) is 9.93. The maximum atomic E-state index is 10.5. The van der Waals surface area contributed by atoms with Gasteiger partial charge in [0, 0.05) is 28.8 Å². The Morgan fingerprint density at radius 3 is 2.45 bits per heavy atom. The Morgan fingerprint density at radius 1 is 1.03 bits per heavy atom. The minimum absolute atomic E-state index is 0.116. The standard InChI is InChI=1S/C24H23ClN2O2/c1-15-3-5-17(6-4-15)24-26-21(16-7-10-19(29-2)11-8-16)14-22(27-24)20-13-18(25)9-12-23(20)28/h3-13,22,24,27-28H,14H2,1-2H3/t22-,24+/m1/s1. The molecule has 0 aliphatic carbocycles. The van der Waals surface area contributed by atoms with Gasteiger partial charge in [-0.1, -0.05) is 41.4 Å². The van der Waals surface area contributed by atoms with E-state index in [0.29, 0.717) is 11.4 Å². The minimum Gasteiger partial charge on any atom is -0.508 e. The molecule has 2 N–H and O–H groups in total. The molecule has 3 aromatic rings. The van der Waals surface area contributed by atoms with E-state index in [-0.39, 0.29) is 18.0 Å². The number of halogens is 1. The molecule has 5 heteroatoms. The highest BCUT2D eigenvalue weighted by Crippen LogP contribution is 2.36. The Hall–Kier alpha value is -2.82. The summed E-state index contributed by atoms with van der Waals surface area (Å²) < 4.78 is 5.28. The van der Waals surface area contributed by atoms with E-state index in [2.05, 4.69) is 36.5 Å². The van der Waals surface area contributed by atoms with Crippen LogP contribution in [0.5, 0.6) is 11.5 Å². The first kappa shape index (κ1) is 19.5.